The molecule has 7 heteroatoms. The van der Waals surface area contributed by atoms with Gasteiger partial charge >= 0.3 is 0 Å². The standard InChI is InChI=1S/C24H28N4O3/c1-2-28(15-14-22(29)27-19-12-10-17(11-13-19)24(25)31)23(30)9-5-6-18-16-26-21-8-4-3-7-20(18)21/h3-4,7-8,10-13,16,26H,2,5-6,9,14-15H2,1H3,(H2,25,31)(H,27,29). The van der Waals surface area contributed by atoms with Crippen molar-refractivity contribution in [3.8, 4) is 0 Å². The molecule has 1 heterocycles. The van der Waals surface area contributed by atoms with Gasteiger partial charge in [-0.3, -0.25) is 14.4 Å². The van der Waals surface area contributed by atoms with Crippen LogP contribution in [0.25, 0.3) is 10.9 Å². The van der Waals surface area contributed by atoms with Crippen LogP contribution in [0.1, 0.15) is 42.1 Å². The Hall–Kier alpha value is -3.61. The molecule has 0 fully saturated rings. The van der Waals surface area contributed by atoms with E-state index in [0.29, 0.717) is 30.8 Å². The van der Waals surface area contributed by atoms with Gasteiger partial charge in [0.25, 0.3) is 0 Å². The summed E-state index contributed by atoms with van der Waals surface area (Å²) in [6.45, 7) is 2.85. The van der Waals surface area contributed by atoms with Crippen LogP contribution in [0, 0.1) is 0 Å². The number of aryl methyl sites for hydroxylation is 1. The molecular weight excluding hydrogens is 392 g/mol. The number of H-pyrrole nitrogens is 1. The van der Waals surface area contributed by atoms with Gasteiger partial charge in [-0.1, -0.05) is 18.2 Å². The van der Waals surface area contributed by atoms with Gasteiger partial charge in [-0.2, -0.15) is 0 Å². The highest BCUT2D eigenvalue weighted by Crippen LogP contribution is 2.19. The Morgan fingerprint density at radius 3 is 2.48 bits per heavy atom. The number of hydrogen-bond acceptors (Lipinski definition) is 3. The zero-order valence-electron chi connectivity index (χ0n) is 17.7. The smallest absolute Gasteiger partial charge is 0.248 e. The number of amides is 3. The summed E-state index contributed by atoms with van der Waals surface area (Å²) in [7, 11) is 0. The lowest BCUT2D eigenvalue weighted by Gasteiger charge is -2.20. The van der Waals surface area contributed by atoms with Gasteiger partial charge in [-0.25, -0.2) is 0 Å². The van der Waals surface area contributed by atoms with E-state index in [1.807, 2.05) is 31.3 Å². The van der Waals surface area contributed by atoms with Crippen LogP contribution in [0.4, 0.5) is 5.69 Å². The molecule has 31 heavy (non-hydrogen) atoms. The van der Waals surface area contributed by atoms with E-state index >= 15 is 0 Å². The summed E-state index contributed by atoms with van der Waals surface area (Å²) in [6.07, 6.45) is 4.25. The molecule has 0 saturated heterocycles. The fraction of sp³-hybridized carbons (Fsp3) is 0.292. The van der Waals surface area contributed by atoms with Gasteiger partial charge < -0.3 is 20.9 Å². The number of aromatic nitrogens is 1. The topological polar surface area (TPSA) is 108 Å². The highest BCUT2D eigenvalue weighted by Gasteiger charge is 2.14. The van der Waals surface area contributed by atoms with Crippen LogP contribution in [-0.4, -0.2) is 40.7 Å². The third-order valence-corrected chi connectivity index (χ3v) is 5.31. The average molecular weight is 421 g/mol. The normalized spacial score (nSPS) is 10.7. The number of nitrogens with one attached hydrogen (secondary N) is 2. The molecule has 0 aliphatic heterocycles. The van der Waals surface area contributed by atoms with Crippen LogP contribution < -0.4 is 11.1 Å². The second-order valence-corrected chi connectivity index (χ2v) is 7.43. The van der Waals surface area contributed by atoms with Gasteiger partial charge in [0, 0.05) is 54.3 Å². The highest BCUT2D eigenvalue weighted by molar-refractivity contribution is 5.95. The molecule has 3 amide bonds. The molecular formula is C24H28N4O3. The molecule has 2 aromatic carbocycles. The number of rotatable bonds is 10. The molecule has 0 saturated carbocycles. The van der Waals surface area contributed by atoms with E-state index < -0.39 is 5.91 Å². The first-order valence-electron chi connectivity index (χ1n) is 10.5. The summed E-state index contributed by atoms with van der Waals surface area (Å²) in [6, 6.07) is 14.5. The van der Waals surface area contributed by atoms with Crippen LogP contribution in [0.15, 0.2) is 54.7 Å². The minimum absolute atomic E-state index is 0.0564. The number of nitrogens with zero attached hydrogens (tertiary/aromatic N) is 1. The van der Waals surface area contributed by atoms with Gasteiger partial charge in [0.05, 0.1) is 0 Å². The molecule has 7 nitrogen and oxygen atoms in total. The Kier molecular flexibility index (Phi) is 7.43. The summed E-state index contributed by atoms with van der Waals surface area (Å²) in [5.74, 6) is -0.641. The maximum Gasteiger partial charge on any atom is 0.248 e. The van der Waals surface area contributed by atoms with E-state index in [0.717, 1.165) is 18.4 Å². The highest BCUT2D eigenvalue weighted by atomic mass is 16.2. The maximum atomic E-state index is 12.6. The molecule has 0 radical (unpaired) electrons. The number of carbonyl (C=O) groups excluding carboxylic acids is 3. The number of nitrogens with two attached hydrogens (primary N) is 1. The SMILES string of the molecule is CCN(CCC(=O)Nc1ccc(C(N)=O)cc1)C(=O)CCCc1c[nH]c2ccccc12. The predicted octanol–water partition coefficient (Wildman–Crippen LogP) is 3.47. The lowest BCUT2D eigenvalue weighted by Crippen LogP contribution is -2.33. The van der Waals surface area contributed by atoms with Crippen molar-refractivity contribution in [1.29, 1.82) is 0 Å². The van der Waals surface area contributed by atoms with Gasteiger partial charge in [0.1, 0.15) is 0 Å². The van der Waals surface area contributed by atoms with Crippen molar-refractivity contribution in [1.82, 2.24) is 9.88 Å². The molecule has 4 N–H and O–H groups in total. The molecule has 0 aliphatic carbocycles. The lowest BCUT2D eigenvalue weighted by atomic mass is 10.1. The molecule has 3 aromatic rings. The quantitative estimate of drug-likeness (QED) is 0.467. The average Bonchev–Trinajstić information content (AvgIpc) is 3.18. The van der Waals surface area contributed by atoms with E-state index in [9.17, 15) is 14.4 Å². The van der Waals surface area contributed by atoms with E-state index in [1.54, 1.807) is 29.2 Å². The minimum Gasteiger partial charge on any atom is -0.366 e. The lowest BCUT2D eigenvalue weighted by molar-refractivity contribution is -0.131. The molecule has 0 bridgehead atoms. The van der Waals surface area contributed by atoms with Crippen molar-refractivity contribution in [2.75, 3.05) is 18.4 Å². The fourth-order valence-corrected chi connectivity index (χ4v) is 3.56. The van der Waals surface area contributed by atoms with Crippen molar-refractivity contribution in [2.45, 2.75) is 32.6 Å². The number of carbonyl (C=O) groups is 3. The van der Waals surface area contributed by atoms with Crippen LogP contribution in [0.2, 0.25) is 0 Å². The second kappa shape index (κ2) is 10.4. The van der Waals surface area contributed by atoms with E-state index in [1.165, 1.54) is 10.9 Å². The third kappa shape index (κ3) is 5.94. The molecule has 0 atom stereocenters. The number of primary amides is 1. The summed E-state index contributed by atoms with van der Waals surface area (Å²) in [5.41, 5.74) is 8.50. The van der Waals surface area contributed by atoms with Crippen molar-refractivity contribution in [2.24, 2.45) is 5.73 Å². The summed E-state index contributed by atoms with van der Waals surface area (Å²) < 4.78 is 0. The van der Waals surface area contributed by atoms with Crippen LogP contribution in [-0.2, 0) is 16.0 Å². The number of hydrogen-bond donors (Lipinski definition) is 3. The number of fused-ring (bicyclic) bond motifs is 1. The van der Waals surface area contributed by atoms with Crippen LogP contribution >= 0.6 is 0 Å². The first-order chi connectivity index (χ1) is 15.0. The largest absolute Gasteiger partial charge is 0.366 e. The molecule has 0 unspecified atom stereocenters. The van der Waals surface area contributed by atoms with Crippen molar-refractivity contribution >= 4 is 34.3 Å². The number of aromatic amines is 1. The molecule has 0 spiro atoms. The molecule has 3 rings (SSSR count). The molecule has 0 aliphatic rings. The van der Waals surface area contributed by atoms with Crippen molar-refractivity contribution in [3.63, 3.8) is 0 Å². The number of benzene rings is 2. The van der Waals surface area contributed by atoms with Crippen molar-refractivity contribution < 1.29 is 14.4 Å². The van der Waals surface area contributed by atoms with Gasteiger partial charge in [-0.05, 0) is 55.7 Å². The van der Waals surface area contributed by atoms with Gasteiger partial charge in [0.15, 0.2) is 0 Å². The predicted molar refractivity (Wildman–Crippen MR) is 122 cm³/mol. The van der Waals surface area contributed by atoms with Crippen molar-refractivity contribution in [3.05, 3.63) is 65.9 Å². The number of para-hydroxylation sites is 1. The second-order valence-electron chi connectivity index (χ2n) is 7.43. The monoisotopic (exact) mass is 420 g/mol. The summed E-state index contributed by atoms with van der Waals surface area (Å²) >= 11 is 0. The third-order valence-electron chi connectivity index (χ3n) is 5.31. The zero-order chi connectivity index (χ0) is 22.2. The van der Waals surface area contributed by atoms with Crippen LogP contribution in [0.3, 0.4) is 0 Å². The van der Waals surface area contributed by atoms with Gasteiger partial charge in [0.2, 0.25) is 17.7 Å². The Bertz CT molecular complexity index is 1060. The van der Waals surface area contributed by atoms with Gasteiger partial charge in [-0.15, -0.1) is 0 Å². The minimum atomic E-state index is -0.514. The van der Waals surface area contributed by atoms with E-state index in [-0.39, 0.29) is 18.2 Å². The Morgan fingerprint density at radius 2 is 1.77 bits per heavy atom. The summed E-state index contributed by atoms with van der Waals surface area (Å²) in [4.78, 5) is 40.9. The molecule has 1 aromatic heterocycles. The summed E-state index contributed by atoms with van der Waals surface area (Å²) in [5, 5.41) is 3.97. The maximum absolute atomic E-state index is 12.6. The Morgan fingerprint density at radius 1 is 1.03 bits per heavy atom. The fourth-order valence-electron chi connectivity index (χ4n) is 3.56. The van der Waals surface area contributed by atoms with E-state index in [2.05, 4.69) is 16.4 Å². The van der Waals surface area contributed by atoms with E-state index in [4.69, 9.17) is 5.73 Å². The number of anilines is 1. The zero-order valence-corrected chi connectivity index (χ0v) is 17.7. The van der Waals surface area contributed by atoms with Crippen LogP contribution in [0.5, 0.6) is 0 Å². The first-order valence-corrected chi connectivity index (χ1v) is 10.5. The first kappa shape index (κ1) is 22.1. The Balaban J connectivity index is 1.43. The molecule has 162 valence electrons. The Labute approximate surface area is 181 Å².